The highest BCUT2D eigenvalue weighted by Crippen LogP contribution is 2.39. The number of halogens is 1. The number of hydrogen-bond acceptors (Lipinski definition) is 0. The van der Waals surface area contributed by atoms with Crippen LogP contribution in [0, 0.1) is 5.82 Å². The molecule has 0 aliphatic heterocycles. The van der Waals surface area contributed by atoms with Gasteiger partial charge in [-0.25, -0.2) is 4.39 Å². The van der Waals surface area contributed by atoms with Crippen LogP contribution in [0.15, 0.2) is 176 Å². The predicted molar refractivity (Wildman–Crippen MR) is 203 cm³/mol. The molecule has 10 rings (SSSR count). The van der Waals surface area contributed by atoms with Crippen LogP contribution in [0.1, 0.15) is 0 Å². The molecule has 0 aliphatic rings. The van der Waals surface area contributed by atoms with Crippen molar-refractivity contribution in [3.05, 3.63) is 182 Å². The maximum Gasteiger partial charge on any atom is 0.125 e. The molecular formula is C46H29FN2. The Hall–Kier alpha value is -6.45. The fourth-order valence-corrected chi connectivity index (χ4v) is 7.68. The van der Waals surface area contributed by atoms with Gasteiger partial charge in [0.15, 0.2) is 0 Å². The molecule has 0 bridgehead atoms. The molecule has 10 aromatic rings. The van der Waals surface area contributed by atoms with E-state index in [2.05, 4.69) is 161 Å². The first kappa shape index (κ1) is 27.6. The number of nitrogens with zero attached hydrogens (tertiary/aromatic N) is 2. The normalized spacial score (nSPS) is 11.8. The van der Waals surface area contributed by atoms with Crippen molar-refractivity contribution < 1.29 is 4.39 Å². The quantitative estimate of drug-likeness (QED) is 0.184. The Labute approximate surface area is 282 Å². The molecule has 0 unspecified atom stereocenters. The molecule has 3 heteroatoms. The Bertz CT molecular complexity index is 2890. The lowest BCUT2D eigenvalue weighted by Gasteiger charge is -2.12. The van der Waals surface area contributed by atoms with Gasteiger partial charge in [0.05, 0.1) is 22.1 Å². The van der Waals surface area contributed by atoms with Crippen molar-refractivity contribution in [2.45, 2.75) is 0 Å². The molecule has 0 spiro atoms. The molecule has 2 aromatic heterocycles. The summed E-state index contributed by atoms with van der Waals surface area (Å²) in [6.45, 7) is 0. The summed E-state index contributed by atoms with van der Waals surface area (Å²) in [6.07, 6.45) is 0. The second-order valence-electron chi connectivity index (χ2n) is 12.8. The zero-order valence-corrected chi connectivity index (χ0v) is 26.5. The number of fused-ring (bicyclic) bond motifs is 7. The fraction of sp³-hybridized carbons (Fsp3) is 0. The van der Waals surface area contributed by atoms with Gasteiger partial charge >= 0.3 is 0 Å². The average Bonchev–Trinajstić information content (AvgIpc) is 3.67. The van der Waals surface area contributed by atoms with Crippen molar-refractivity contribution >= 4 is 54.4 Å². The number of para-hydroxylation sites is 3. The van der Waals surface area contributed by atoms with E-state index in [1.165, 1.54) is 27.2 Å². The summed E-state index contributed by atoms with van der Waals surface area (Å²) in [7, 11) is 0. The average molecular weight is 629 g/mol. The summed E-state index contributed by atoms with van der Waals surface area (Å²) in [6, 6.07) is 61.0. The summed E-state index contributed by atoms with van der Waals surface area (Å²) < 4.78 is 20.0. The van der Waals surface area contributed by atoms with Crippen molar-refractivity contribution in [1.29, 1.82) is 0 Å². The van der Waals surface area contributed by atoms with Crippen molar-refractivity contribution in [3.63, 3.8) is 0 Å². The third kappa shape index (κ3) is 4.40. The van der Waals surface area contributed by atoms with E-state index >= 15 is 4.39 Å². The van der Waals surface area contributed by atoms with Crippen molar-refractivity contribution in [3.8, 4) is 33.6 Å². The van der Waals surface area contributed by atoms with Gasteiger partial charge in [-0.1, -0.05) is 103 Å². The van der Waals surface area contributed by atoms with E-state index in [9.17, 15) is 0 Å². The van der Waals surface area contributed by atoms with Crippen molar-refractivity contribution in [2.75, 3.05) is 0 Å². The van der Waals surface area contributed by atoms with Crippen LogP contribution in [0.4, 0.5) is 4.39 Å². The molecule has 0 saturated carbocycles. The first-order chi connectivity index (χ1) is 24.2. The van der Waals surface area contributed by atoms with E-state index in [1.54, 1.807) is 12.1 Å². The van der Waals surface area contributed by atoms with Crippen LogP contribution < -0.4 is 0 Å². The Morgan fingerprint density at radius 3 is 1.49 bits per heavy atom. The number of aromatic nitrogens is 2. The van der Waals surface area contributed by atoms with E-state index < -0.39 is 0 Å². The van der Waals surface area contributed by atoms with Crippen LogP contribution in [-0.4, -0.2) is 9.13 Å². The molecule has 8 aromatic carbocycles. The minimum absolute atomic E-state index is 0.258. The molecular weight excluding hydrogens is 600 g/mol. The van der Waals surface area contributed by atoms with Gasteiger partial charge in [0.2, 0.25) is 0 Å². The highest BCUT2D eigenvalue weighted by atomic mass is 19.1. The number of rotatable bonds is 4. The lowest BCUT2D eigenvalue weighted by molar-refractivity contribution is 0.627. The zero-order chi connectivity index (χ0) is 32.5. The summed E-state index contributed by atoms with van der Waals surface area (Å²) in [4.78, 5) is 0. The molecule has 0 saturated heterocycles. The largest absolute Gasteiger partial charge is 0.309 e. The molecule has 230 valence electrons. The van der Waals surface area contributed by atoms with E-state index in [0.29, 0.717) is 0 Å². The van der Waals surface area contributed by atoms with Crippen LogP contribution in [0.3, 0.4) is 0 Å². The topological polar surface area (TPSA) is 9.86 Å². The van der Waals surface area contributed by atoms with E-state index in [0.717, 1.165) is 60.8 Å². The molecule has 2 nitrogen and oxygen atoms in total. The standard InChI is InChI=1S/C46H29FN2/c47-36-25-35(32-19-18-30-10-4-5-11-31(30)24-32)26-38(29-36)49-44-17-9-7-15-40(44)42-28-34(21-23-46(42)49)33-20-22-45-41(27-33)39-14-6-8-16-43(39)48(45)37-12-2-1-3-13-37/h1-29H. The minimum atomic E-state index is -0.258. The van der Waals surface area contributed by atoms with Gasteiger partial charge in [-0.15, -0.1) is 0 Å². The molecule has 0 aliphatic carbocycles. The fourth-order valence-electron chi connectivity index (χ4n) is 7.68. The molecule has 0 atom stereocenters. The summed E-state index contributed by atoms with van der Waals surface area (Å²) in [5.41, 5.74) is 10.6. The van der Waals surface area contributed by atoms with Crippen LogP contribution >= 0.6 is 0 Å². The maximum absolute atomic E-state index is 15.4. The molecule has 0 fully saturated rings. The van der Waals surface area contributed by atoms with Gasteiger partial charge < -0.3 is 9.13 Å². The molecule has 49 heavy (non-hydrogen) atoms. The smallest absolute Gasteiger partial charge is 0.125 e. The first-order valence-corrected chi connectivity index (χ1v) is 16.6. The molecule has 0 radical (unpaired) electrons. The van der Waals surface area contributed by atoms with Crippen LogP contribution in [0.25, 0.3) is 88.0 Å². The highest BCUT2D eigenvalue weighted by molar-refractivity contribution is 6.12. The Morgan fingerprint density at radius 2 is 0.816 bits per heavy atom. The Morgan fingerprint density at radius 1 is 0.306 bits per heavy atom. The zero-order valence-electron chi connectivity index (χ0n) is 26.5. The highest BCUT2D eigenvalue weighted by Gasteiger charge is 2.17. The van der Waals surface area contributed by atoms with E-state index in [1.807, 2.05) is 12.1 Å². The lowest BCUT2D eigenvalue weighted by Crippen LogP contribution is -1.96. The minimum Gasteiger partial charge on any atom is -0.309 e. The number of benzene rings is 8. The van der Waals surface area contributed by atoms with Gasteiger partial charge in [0, 0.05) is 32.9 Å². The second kappa shape index (κ2) is 10.8. The van der Waals surface area contributed by atoms with Gasteiger partial charge in [-0.2, -0.15) is 0 Å². The van der Waals surface area contributed by atoms with Crippen molar-refractivity contribution in [2.24, 2.45) is 0 Å². The van der Waals surface area contributed by atoms with Crippen LogP contribution in [0.2, 0.25) is 0 Å². The lowest BCUT2D eigenvalue weighted by atomic mass is 10.0. The molecule has 0 amide bonds. The van der Waals surface area contributed by atoms with E-state index in [-0.39, 0.29) is 5.82 Å². The Kier molecular flexibility index (Phi) is 6.09. The van der Waals surface area contributed by atoms with Crippen molar-refractivity contribution in [1.82, 2.24) is 9.13 Å². The van der Waals surface area contributed by atoms with E-state index in [4.69, 9.17) is 0 Å². The van der Waals surface area contributed by atoms with Gasteiger partial charge in [0.1, 0.15) is 5.82 Å². The summed E-state index contributed by atoms with van der Waals surface area (Å²) in [5.74, 6) is -0.258. The van der Waals surface area contributed by atoms with Crippen LogP contribution in [0.5, 0.6) is 0 Å². The molecule has 0 N–H and O–H groups in total. The first-order valence-electron chi connectivity index (χ1n) is 16.6. The number of hydrogen-bond donors (Lipinski definition) is 0. The summed E-state index contributed by atoms with van der Waals surface area (Å²) >= 11 is 0. The SMILES string of the molecule is Fc1cc(-c2ccc3ccccc3c2)cc(-n2c3ccccc3c3cc(-c4ccc5c(c4)c4ccccc4n5-c4ccccc4)ccc32)c1. The maximum atomic E-state index is 15.4. The van der Waals surface area contributed by atoms with Gasteiger partial charge in [-0.05, 0) is 106 Å². The second-order valence-corrected chi connectivity index (χ2v) is 12.8. The molecule has 2 heterocycles. The Balaban J connectivity index is 1.14. The van der Waals surface area contributed by atoms with Crippen LogP contribution in [-0.2, 0) is 0 Å². The summed E-state index contributed by atoms with van der Waals surface area (Å²) in [5, 5.41) is 7.03. The van der Waals surface area contributed by atoms with Gasteiger partial charge in [0.25, 0.3) is 0 Å². The predicted octanol–water partition coefficient (Wildman–Crippen LogP) is 12.5. The third-order valence-corrected chi connectivity index (χ3v) is 9.92. The third-order valence-electron chi connectivity index (χ3n) is 9.92. The monoisotopic (exact) mass is 628 g/mol. The van der Waals surface area contributed by atoms with Gasteiger partial charge in [-0.3, -0.25) is 0 Å².